The largest absolute Gasteiger partial charge is 0.362 e. The number of aromatic amines is 1. The predicted octanol–water partition coefficient (Wildman–Crippen LogP) is 2.60. The summed E-state index contributed by atoms with van der Waals surface area (Å²) in [6.07, 6.45) is 4.05. The van der Waals surface area contributed by atoms with Crippen LogP contribution in [0.25, 0.3) is 11.0 Å². The second-order valence-electron chi connectivity index (χ2n) is 6.84. The van der Waals surface area contributed by atoms with Gasteiger partial charge in [-0.25, -0.2) is 23.1 Å². The van der Waals surface area contributed by atoms with Gasteiger partial charge in [0.05, 0.1) is 16.3 Å². The molecule has 0 fully saturated rings. The summed E-state index contributed by atoms with van der Waals surface area (Å²) in [7, 11) is -3.43. The monoisotopic (exact) mass is 371 g/mol. The molecule has 1 aliphatic heterocycles. The first-order valence-electron chi connectivity index (χ1n) is 8.63. The van der Waals surface area contributed by atoms with E-state index in [-0.39, 0.29) is 12.0 Å². The number of hydrogen-bond donors (Lipinski definition) is 3. The van der Waals surface area contributed by atoms with Crippen LogP contribution in [0.15, 0.2) is 41.7 Å². The third-order valence-electron chi connectivity index (χ3n) is 4.74. The summed E-state index contributed by atoms with van der Waals surface area (Å²) in [5.41, 5.74) is 2.56. The molecule has 0 unspecified atom stereocenters. The van der Waals surface area contributed by atoms with Crippen molar-refractivity contribution in [2.45, 2.75) is 31.2 Å². The number of anilines is 1. The summed E-state index contributed by atoms with van der Waals surface area (Å²) < 4.78 is 27.3. The van der Waals surface area contributed by atoms with Gasteiger partial charge in [-0.3, -0.25) is 0 Å². The van der Waals surface area contributed by atoms with Gasteiger partial charge in [-0.15, -0.1) is 0 Å². The SMILES string of the molecule is CC(C)[C@@H](Nc1ncnc2[nH]ccc12)c1ccc2c(c1)S(=O)(=O)NCC2. The van der Waals surface area contributed by atoms with Gasteiger partial charge in [0, 0.05) is 12.7 Å². The van der Waals surface area contributed by atoms with Crippen LogP contribution in [0.5, 0.6) is 0 Å². The van der Waals surface area contributed by atoms with Crippen LogP contribution in [-0.4, -0.2) is 29.9 Å². The van der Waals surface area contributed by atoms with Crippen molar-refractivity contribution < 1.29 is 8.42 Å². The van der Waals surface area contributed by atoms with Gasteiger partial charge in [0.15, 0.2) is 0 Å². The zero-order valence-corrected chi connectivity index (χ0v) is 15.5. The number of fused-ring (bicyclic) bond motifs is 2. The van der Waals surface area contributed by atoms with Crippen molar-refractivity contribution in [2.24, 2.45) is 5.92 Å². The Hall–Kier alpha value is -2.45. The molecule has 3 heterocycles. The summed E-state index contributed by atoms with van der Waals surface area (Å²) in [5.74, 6) is 0.963. The molecule has 136 valence electrons. The van der Waals surface area contributed by atoms with Gasteiger partial charge in [0.1, 0.15) is 17.8 Å². The van der Waals surface area contributed by atoms with Crippen LogP contribution >= 0.6 is 0 Å². The second-order valence-corrected chi connectivity index (χ2v) is 8.58. The number of nitrogens with one attached hydrogen (secondary N) is 3. The van der Waals surface area contributed by atoms with Crippen molar-refractivity contribution in [1.29, 1.82) is 0 Å². The van der Waals surface area contributed by atoms with Gasteiger partial charge >= 0.3 is 0 Å². The van der Waals surface area contributed by atoms with Crippen LogP contribution < -0.4 is 10.0 Å². The molecule has 3 aromatic rings. The van der Waals surface area contributed by atoms with E-state index in [1.54, 1.807) is 6.07 Å². The minimum atomic E-state index is -3.43. The molecule has 0 radical (unpaired) electrons. The maximum absolute atomic E-state index is 12.4. The van der Waals surface area contributed by atoms with Crippen LogP contribution in [0, 0.1) is 5.92 Å². The van der Waals surface area contributed by atoms with E-state index < -0.39 is 10.0 Å². The fourth-order valence-corrected chi connectivity index (χ4v) is 4.72. The Morgan fingerprint density at radius 3 is 2.85 bits per heavy atom. The molecule has 0 saturated carbocycles. The lowest BCUT2D eigenvalue weighted by molar-refractivity contribution is 0.541. The molecule has 1 aliphatic rings. The first-order valence-corrected chi connectivity index (χ1v) is 10.1. The fourth-order valence-electron chi connectivity index (χ4n) is 3.39. The summed E-state index contributed by atoms with van der Waals surface area (Å²) >= 11 is 0. The topological polar surface area (TPSA) is 99.8 Å². The van der Waals surface area contributed by atoms with E-state index >= 15 is 0 Å². The lowest BCUT2D eigenvalue weighted by Gasteiger charge is -2.26. The Morgan fingerprint density at radius 1 is 1.19 bits per heavy atom. The van der Waals surface area contributed by atoms with Gasteiger partial charge in [0.25, 0.3) is 0 Å². The lowest BCUT2D eigenvalue weighted by Crippen LogP contribution is -2.32. The van der Waals surface area contributed by atoms with E-state index in [0.717, 1.165) is 28.0 Å². The number of benzene rings is 1. The molecule has 4 rings (SSSR count). The summed E-state index contributed by atoms with van der Waals surface area (Å²) in [5, 5.41) is 4.38. The molecular formula is C18H21N5O2S. The molecule has 26 heavy (non-hydrogen) atoms. The number of rotatable bonds is 4. The molecule has 8 heteroatoms. The molecule has 0 aliphatic carbocycles. The van der Waals surface area contributed by atoms with Crippen molar-refractivity contribution in [2.75, 3.05) is 11.9 Å². The van der Waals surface area contributed by atoms with Crippen molar-refractivity contribution in [3.05, 3.63) is 47.9 Å². The summed E-state index contributed by atoms with van der Waals surface area (Å²) in [4.78, 5) is 12.0. The molecule has 1 atom stereocenters. The van der Waals surface area contributed by atoms with Gasteiger partial charge < -0.3 is 10.3 Å². The van der Waals surface area contributed by atoms with Crippen molar-refractivity contribution in [3.8, 4) is 0 Å². The first kappa shape index (κ1) is 17.0. The summed E-state index contributed by atoms with van der Waals surface area (Å²) in [6, 6.07) is 7.56. The standard InChI is InChI=1S/C18H21N5O2S/c1-11(2)16(23-18-14-6-7-19-17(14)20-10-21-18)13-4-3-12-5-8-22-26(24,25)15(12)9-13/h3-4,6-7,9-11,16,22H,5,8H2,1-2H3,(H2,19,20,21,23)/t16-/m1/s1. The quantitative estimate of drug-likeness (QED) is 0.655. The lowest BCUT2D eigenvalue weighted by atomic mass is 9.94. The molecule has 3 N–H and O–H groups in total. The third kappa shape index (κ3) is 2.95. The van der Waals surface area contributed by atoms with E-state index in [4.69, 9.17) is 0 Å². The Balaban J connectivity index is 1.75. The second kappa shape index (κ2) is 6.37. The molecule has 0 amide bonds. The zero-order valence-electron chi connectivity index (χ0n) is 14.7. The van der Waals surface area contributed by atoms with Gasteiger partial charge in [-0.2, -0.15) is 0 Å². The Bertz CT molecular complexity index is 1060. The fraction of sp³-hybridized carbons (Fsp3) is 0.333. The van der Waals surface area contributed by atoms with Crippen LogP contribution in [0.4, 0.5) is 5.82 Å². The maximum atomic E-state index is 12.4. The number of nitrogens with zero attached hydrogens (tertiary/aromatic N) is 2. The van der Waals surface area contributed by atoms with Crippen molar-refractivity contribution >= 4 is 26.9 Å². The minimum absolute atomic E-state index is 0.0783. The van der Waals surface area contributed by atoms with Crippen molar-refractivity contribution in [1.82, 2.24) is 19.7 Å². The third-order valence-corrected chi connectivity index (χ3v) is 6.28. The number of H-pyrrole nitrogens is 1. The Morgan fingerprint density at radius 2 is 2.04 bits per heavy atom. The first-order chi connectivity index (χ1) is 12.5. The van der Waals surface area contributed by atoms with Gasteiger partial charge in [-0.05, 0) is 35.6 Å². The Labute approximate surface area is 152 Å². The average molecular weight is 371 g/mol. The van der Waals surface area contributed by atoms with Crippen LogP contribution in [0.3, 0.4) is 0 Å². The van der Waals surface area contributed by atoms with E-state index in [1.165, 1.54) is 6.33 Å². The van der Waals surface area contributed by atoms with Crippen LogP contribution in [0.1, 0.15) is 31.0 Å². The highest BCUT2D eigenvalue weighted by Crippen LogP contribution is 2.31. The number of hydrogen-bond acceptors (Lipinski definition) is 5. The molecule has 0 spiro atoms. The van der Waals surface area contributed by atoms with E-state index in [1.807, 2.05) is 24.4 Å². The highest BCUT2D eigenvalue weighted by atomic mass is 32.2. The molecule has 7 nitrogen and oxygen atoms in total. The average Bonchev–Trinajstić information content (AvgIpc) is 3.08. The Kier molecular flexibility index (Phi) is 4.16. The van der Waals surface area contributed by atoms with E-state index in [2.05, 4.69) is 38.8 Å². The van der Waals surface area contributed by atoms with Crippen LogP contribution in [-0.2, 0) is 16.4 Å². The highest BCUT2D eigenvalue weighted by molar-refractivity contribution is 7.89. The molecule has 1 aromatic carbocycles. The molecule has 2 aromatic heterocycles. The molecule has 0 saturated heterocycles. The smallest absolute Gasteiger partial charge is 0.240 e. The number of aromatic nitrogens is 3. The normalized spacial score (nSPS) is 17.2. The van der Waals surface area contributed by atoms with Gasteiger partial charge in [-0.1, -0.05) is 26.0 Å². The van der Waals surface area contributed by atoms with Gasteiger partial charge in [0.2, 0.25) is 10.0 Å². The van der Waals surface area contributed by atoms with E-state index in [9.17, 15) is 8.42 Å². The zero-order chi connectivity index (χ0) is 18.3. The van der Waals surface area contributed by atoms with Crippen molar-refractivity contribution in [3.63, 3.8) is 0 Å². The summed E-state index contributed by atoms with van der Waals surface area (Å²) in [6.45, 7) is 4.64. The predicted molar refractivity (Wildman–Crippen MR) is 100 cm³/mol. The minimum Gasteiger partial charge on any atom is -0.362 e. The van der Waals surface area contributed by atoms with E-state index in [0.29, 0.717) is 17.9 Å². The molecular weight excluding hydrogens is 350 g/mol. The molecule has 0 bridgehead atoms. The van der Waals surface area contributed by atoms with Crippen LogP contribution in [0.2, 0.25) is 0 Å². The number of sulfonamides is 1. The maximum Gasteiger partial charge on any atom is 0.240 e. The highest BCUT2D eigenvalue weighted by Gasteiger charge is 2.26.